The topological polar surface area (TPSA) is 87.4 Å². The van der Waals surface area contributed by atoms with Crippen molar-refractivity contribution in [3.63, 3.8) is 0 Å². The van der Waals surface area contributed by atoms with Gasteiger partial charge in [0.1, 0.15) is 5.82 Å². The fraction of sp³-hybridized carbons (Fsp3) is 0.560. The number of benzene rings is 1. The Morgan fingerprint density at radius 3 is 2.50 bits per heavy atom. The van der Waals surface area contributed by atoms with Gasteiger partial charge in [0, 0.05) is 38.3 Å². The van der Waals surface area contributed by atoms with Gasteiger partial charge in [-0.15, -0.1) is 0 Å². The Hall–Kier alpha value is -2.83. The Labute approximate surface area is 191 Å². The number of nitrogens with zero attached hydrogens (tertiary/aromatic N) is 4. The Morgan fingerprint density at radius 2 is 1.81 bits per heavy atom. The van der Waals surface area contributed by atoms with E-state index in [0.717, 1.165) is 55.9 Å². The van der Waals surface area contributed by atoms with E-state index in [-0.39, 0.29) is 12.1 Å². The maximum Gasteiger partial charge on any atom is 0.315 e. The first-order chi connectivity index (χ1) is 15.4. The maximum absolute atomic E-state index is 12.2. The molecule has 2 aliphatic carbocycles. The third-order valence-corrected chi connectivity index (χ3v) is 6.94. The van der Waals surface area contributed by atoms with Gasteiger partial charge in [-0.3, -0.25) is 0 Å². The second kappa shape index (κ2) is 9.76. The largest absolute Gasteiger partial charge is 0.362 e. The zero-order chi connectivity index (χ0) is 22.7. The van der Waals surface area contributed by atoms with Crippen LogP contribution in [0.25, 0.3) is 0 Å². The Morgan fingerprint density at radius 1 is 1.09 bits per heavy atom. The molecule has 1 aromatic heterocycles. The molecule has 2 aromatic rings. The minimum absolute atomic E-state index is 0.173. The summed E-state index contributed by atoms with van der Waals surface area (Å²) in [5.74, 6) is 1.79. The van der Waals surface area contributed by atoms with Gasteiger partial charge in [-0.1, -0.05) is 24.3 Å². The minimum atomic E-state index is -0.335. The van der Waals surface area contributed by atoms with Crippen LogP contribution in [0.2, 0.25) is 0 Å². The predicted molar refractivity (Wildman–Crippen MR) is 129 cm³/mol. The molecule has 2 aliphatic rings. The molecule has 2 amide bonds. The SMILES string of the molecule is Cc1ccccc1CN(C(N)=O)[C@H]1CC[C@@H](Nc2nc3c(c(N(C)C)n2)CCCC3)CC1. The summed E-state index contributed by atoms with van der Waals surface area (Å²) in [6, 6.07) is 8.35. The molecule has 0 saturated heterocycles. The van der Waals surface area contributed by atoms with E-state index in [0.29, 0.717) is 12.6 Å². The van der Waals surface area contributed by atoms with Gasteiger partial charge in [0.25, 0.3) is 0 Å². The van der Waals surface area contributed by atoms with Crippen molar-refractivity contribution in [2.45, 2.75) is 76.9 Å². The number of primary amides is 1. The summed E-state index contributed by atoms with van der Waals surface area (Å²) in [5.41, 5.74) is 10.6. The number of hydrogen-bond donors (Lipinski definition) is 2. The summed E-state index contributed by atoms with van der Waals surface area (Å²) in [7, 11) is 4.11. The smallest absolute Gasteiger partial charge is 0.315 e. The van der Waals surface area contributed by atoms with Gasteiger partial charge in [0.15, 0.2) is 0 Å². The molecule has 172 valence electrons. The number of carbonyl (C=O) groups excluding carboxylic acids is 1. The van der Waals surface area contributed by atoms with E-state index >= 15 is 0 Å². The Bertz CT molecular complexity index is 951. The van der Waals surface area contributed by atoms with Crippen LogP contribution in [-0.4, -0.2) is 47.1 Å². The highest BCUT2D eigenvalue weighted by molar-refractivity contribution is 5.72. The molecule has 32 heavy (non-hydrogen) atoms. The van der Waals surface area contributed by atoms with E-state index in [1.54, 1.807) is 0 Å². The van der Waals surface area contributed by atoms with Crippen molar-refractivity contribution in [3.05, 3.63) is 46.6 Å². The first kappa shape index (κ1) is 22.4. The van der Waals surface area contributed by atoms with E-state index < -0.39 is 0 Å². The fourth-order valence-corrected chi connectivity index (χ4v) is 5.08. The molecule has 7 heteroatoms. The Balaban J connectivity index is 1.41. The summed E-state index contributed by atoms with van der Waals surface area (Å²) in [6.45, 7) is 2.65. The van der Waals surface area contributed by atoms with Crippen LogP contribution < -0.4 is 16.0 Å². The molecular formula is C25H36N6O. The first-order valence-corrected chi connectivity index (χ1v) is 11.9. The number of nitrogens with two attached hydrogens (primary N) is 1. The number of carbonyl (C=O) groups is 1. The number of anilines is 2. The van der Waals surface area contributed by atoms with Gasteiger partial charge in [-0.05, 0) is 69.4 Å². The van der Waals surface area contributed by atoms with Crippen molar-refractivity contribution in [1.82, 2.24) is 14.9 Å². The number of hydrogen-bond acceptors (Lipinski definition) is 5. The van der Waals surface area contributed by atoms with Crippen LogP contribution in [0.3, 0.4) is 0 Å². The molecule has 0 aliphatic heterocycles. The van der Waals surface area contributed by atoms with Crippen LogP contribution in [0.15, 0.2) is 24.3 Å². The molecule has 3 N–H and O–H groups in total. The Kier molecular flexibility index (Phi) is 6.82. The lowest BCUT2D eigenvalue weighted by Crippen LogP contribution is -2.46. The summed E-state index contributed by atoms with van der Waals surface area (Å²) in [5, 5.41) is 3.59. The van der Waals surface area contributed by atoms with Crippen molar-refractivity contribution in [3.8, 4) is 0 Å². The van der Waals surface area contributed by atoms with Crippen LogP contribution in [0.4, 0.5) is 16.6 Å². The molecule has 1 aromatic carbocycles. The van der Waals surface area contributed by atoms with Gasteiger partial charge in [0.05, 0.1) is 5.69 Å². The van der Waals surface area contributed by atoms with Crippen molar-refractivity contribution in [2.75, 3.05) is 24.3 Å². The molecule has 0 unspecified atom stereocenters. The monoisotopic (exact) mass is 436 g/mol. The molecule has 7 nitrogen and oxygen atoms in total. The van der Waals surface area contributed by atoms with Crippen LogP contribution in [0.5, 0.6) is 0 Å². The summed E-state index contributed by atoms with van der Waals surface area (Å²) in [4.78, 5) is 25.9. The van der Waals surface area contributed by atoms with Gasteiger partial charge >= 0.3 is 6.03 Å². The number of aryl methyl sites for hydroxylation is 2. The van der Waals surface area contributed by atoms with Gasteiger partial charge in [-0.2, -0.15) is 4.98 Å². The van der Waals surface area contributed by atoms with Crippen LogP contribution >= 0.6 is 0 Å². The predicted octanol–water partition coefficient (Wildman–Crippen LogP) is 4.03. The van der Waals surface area contributed by atoms with Gasteiger partial charge < -0.3 is 20.9 Å². The molecule has 0 atom stereocenters. The van der Waals surface area contributed by atoms with Crippen LogP contribution in [-0.2, 0) is 19.4 Å². The minimum Gasteiger partial charge on any atom is -0.362 e. The molecular weight excluding hydrogens is 400 g/mol. The van der Waals surface area contributed by atoms with Gasteiger partial charge in [0.2, 0.25) is 5.95 Å². The second-order valence-electron chi connectivity index (χ2n) is 9.44. The molecule has 0 bridgehead atoms. The standard InChI is InChI=1S/C25H36N6O/c1-17-8-4-5-9-18(17)16-31(24(26)32)20-14-12-19(13-15-20)27-25-28-22-11-7-6-10-21(22)23(29-25)30(2)3/h4-5,8-9,19-20H,6-7,10-16H2,1-3H3,(H2,26,32)(H,27,28,29)/t19-,20+. The molecule has 0 radical (unpaired) electrons. The number of rotatable bonds is 6. The first-order valence-electron chi connectivity index (χ1n) is 11.9. The quantitative estimate of drug-likeness (QED) is 0.714. The number of urea groups is 1. The summed E-state index contributed by atoms with van der Waals surface area (Å²) in [6.07, 6.45) is 8.32. The van der Waals surface area contributed by atoms with E-state index in [1.807, 2.05) is 17.0 Å². The highest BCUT2D eigenvalue weighted by atomic mass is 16.2. The number of amides is 2. The van der Waals surface area contributed by atoms with Crippen molar-refractivity contribution >= 4 is 17.8 Å². The third-order valence-electron chi connectivity index (χ3n) is 6.94. The van der Waals surface area contributed by atoms with Gasteiger partial charge in [-0.25, -0.2) is 9.78 Å². The second-order valence-corrected chi connectivity index (χ2v) is 9.44. The summed E-state index contributed by atoms with van der Waals surface area (Å²) < 4.78 is 0. The highest BCUT2D eigenvalue weighted by Crippen LogP contribution is 2.30. The molecule has 4 rings (SSSR count). The van der Waals surface area contributed by atoms with Crippen LogP contribution in [0, 0.1) is 6.92 Å². The van der Waals surface area contributed by atoms with E-state index in [2.05, 4.69) is 43.4 Å². The normalized spacial score (nSPS) is 20.3. The number of aromatic nitrogens is 2. The van der Waals surface area contributed by atoms with Crippen LogP contribution in [0.1, 0.15) is 60.9 Å². The third kappa shape index (κ3) is 4.97. The molecule has 1 heterocycles. The zero-order valence-corrected chi connectivity index (χ0v) is 19.6. The van der Waals surface area contributed by atoms with Crippen molar-refractivity contribution in [1.29, 1.82) is 0 Å². The number of nitrogens with one attached hydrogen (secondary N) is 1. The fourth-order valence-electron chi connectivity index (χ4n) is 5.08. The molecule has 1 fully saturated rings. The van der Waals surface area contributed by atoms with E-state index in [9.17, 15) is 4.79 Å². The average molecular weight is 437 g/mol. The summed E-state index contributed by atoms with van der Waals surface area (Å²) >= 11 is 0. The number of fused-ring (bicyclic) bond motifs is 1. The average Bonchev–Trinajstić information content (AvgIpc) is 2.78. The van der Waals surface area contributed by atoms with Crippen molar-refractivity contribution in [2.24, 2.45) is 5.73 Å². The van der Waals surface area contributed by atoms with Crippen molar-refractivity contribution < 1.29 is 4.79 Å². The lowest BCUT2D eigenvalue weighted by atomic mass is 9.90. The lowest BCUT2D eigenvalue weighted by molar-refractivity contribution is 0.156. The maximum atomic E-state index is 12.2. The lowest BCUT2D eigenvalue weighted by Gasteiger charge is -2.36. The van der Waals surface area contributed by atoms with E-state index in [4.69, 9.17) is 15.7 Å². The zero-order valence-electron chi connectivity index (χ0n) is 19.6. The molecule has 0 spiro atoms. The highest BCUT2D eigenvalue weighted by Gasteiger charge is 2.29. The van der Waals surface area contributed by atoms with E-state index in [1.165, 1.54) is 29.7 Å². The molecule has 1 saturated carbocycles.